The normalized spacial score (nSPS) is 24.6. The van der Waals surface area contributed by atoms with Gasteiger partial charge in [0.25, 0.3) is 0 Å². The van der Waals surface area contributed by atoms with Crippen molar-refractivity contribution in [1.82, 2.24) is 5.32 Å². The Balaban J connectivity index is 1.88. The number of carbonyl (C=O) groups excluding carboxylic acids is 1. The van der Waals surface area contributed by atoms with E-state index in [1.807, 2.05) is 0 Å². The Morgan fingerprint density at radius 2 is 2.25 bits per heavy atom. The van der Waals surface area contributed by atoms with Crippen molar-refractivity contribution in [1.29, 1.82) is 0 Å². The highest BCUT2D eigenvalue weighted by Crippen LogP contribution is 2.21. The minimum Gasteiger partial charge on any atom is -0.480 e. The highest BCUT2D eigenvalue weighted by Gasteiger charge is 2.31. The van der Waals surface area contributed by atoms with E-state index in [9.17, 15) is 14.7 Å². The second-order valence-electron chi connectivity index (χ2n) is 5.65. The van der Waals surface area contributed by atoms with Crippen LogP contribution in [-0.4, -0.2) is 36.2 Å². The third-order valence-corrected chi connectivity index (χ3v) is 4.02. The number of hydrogen-bond acceptors (Lipinski definition) is 3. The molecule has 0 radical (unpaired) electrons. The van der Waals surface area contributed by atoms with Gasteiger partial charge in [0, 0.05) is 18.9 Å². The number of rotatable bonds is 5. The number of amides is 1. The van der Waals surface area contributed by atoms with Crippen molar-refractivity contribution in [3.05, 3.63) is 11.6 Å². The minimum absolute atomic E-state index is 0.120. The summed E-state index contributed by atoms with van der Waals surface area (Å²) in [6.07, 6.45) is 8.38. The summed E-state index contributed by atoms with van der Waals surface area (Å²) in [5, 5.41) is 12.0. The minimum atomic E-state index is -0.966. The lowest BCUT2D eigenvalue weighted by Gasteiger charge is -2.28. The fourth-order valence-corrected chi connectivity index (χ4v) is 2.91. The molecular formula is C15H23NO4. The number of hydrogen-bond donors (Lipinski definition) is 2. The van der Waals surface area contributed by atoms with Crippen LogP contribution < -0.4 is 5.32 Å². The van der Waals surface area contributed by atoms with Gasteiger partial charge < -0.3 is 15.2 Å². The Labute approximate surface area is 119 Å². The van der Waals surface area contributed by atoms with Crippen LogP contribution in [0, 0.1) is 5.92 Å². The Morgan fingerprint density at radius 3 is 2.85 bits per heavy atom. The number of aliphatic carboxylic acids is 1. The molecule has 20 heavy (non-hydrogen) atoms. The Hall–Kier alpha value is -1.36. The number of carboxylic acids is 1. The third kappa shape index (κ3) is 4.34. The lowest BCUT2D eigenvalue weighted by molar-refractivity contribution is -0.145. The van der Waals surface area contributed by atoms with Crippen molar-refractivity contribution < 1.29 is 19.4 Å². The maximum atomic E-state index is 12.0. The SMILES string of the molecule is O=C(CC1=CCCCC1)NC(C(=O)O)C1CCCOC1. The monoisotopic (exact) mass is 281 g/mol. The van der Waals surface area contributed by atoms with Gasteiger partial charge >= 0.3 is 5.97 Å². The first-order chi connectivity index (χ1) is 9.66. The van der Waals surface area contributed by atoms with Crippen LogP contribution in [0.3, 0.4) is 0 Å². The highest BCUT2D eigenvalue weighted by atomic mass is 16.5. The van der Waals surface area contributed by atoms with Gasteiger partial charge in [0.2, 0.25) is 5.91 Å². The van der Waals surface area contributed by atoms with Gasteiger partial charge in [0.15, 0.2) is 0 Å². The van der Waals surface area contributed by atoms with Crippen LogP contribution >= 0.6 is 0 Å². The zero-order valence-electron chi connectivity index (χ0n) is 11.8. The van der Waals surface area contributed by atoms with Crippen LogP contribution in [0.1, 0.15) is 44.9 Å². The number of ether oxygens (including phenoxy) is 1. The first-order valence-electron chi connectivity index (χ1n) is 7.44. The van der Waals surface area contributed by atoms with Gasteiger partial charge in [0.1, 0.15) is 6.04 Å². The van der Waals surface area contributed by atoms with E-state index in [1.165, 1.54) is 6.42 Å². The van der Waals surface area contributed by atoms with Crippen LogP contribution in [0.5, 0.6) is 0 Å². The largest absolute Gasteiger partial charge is 0.480 e. The van der Waals surface area contributed by atoms with Crippen molar-refractivity contribution in [3.8, 4) is 0 Å². The first-order valence-corrected chi connectivity index (χ1v) is 7.44. The predicted octanol–water partition coefficient (Wildman–Crippen LogP) is 1.87. The molecule has 2 unspecified atom stereocenters. The van der Waals surface area contributed by atoms with Crippen molar-refractivity contribution >= 4 is 11.9 Å². The smallest absolute Gasteiger partial charge is 0.326 e. The fraction of sp³-hybridized carbons (Fsp3) is 0.733. The van der Waals surface area contributed by atoms with Crippen LogP contribution in [0.25, 0.3) is 0 Å². The summed E-state index contributed by atoms with van der Waals surface area (Å²) < 4.78 is 5.32. The standard InChI is InChI=1S/C15H23NO4/c17-13(9-11-5-2-1-3-6-11)16-14(15(18)19)12-7-4-8-20-10-12/h5,12,14H,1-4,6-10H2,(H,16,17)(H,18,19). The summed E-state index contributed by atoms with van der Waals surface area (Å²) >= 11 is 0. The predicted molar refractivity (Wildman–Crippen MR) is 74.3 cm³/mol. The highest BCUT2D eigenvalue weighted by molar-refractivity contribution is 5.85. The third-order valence-electron chi connectivity index (χ3n) is 4.02. The molecule has 1 heterocycles. The van der Waals surface area contributed by atoms with Gasteiger partial charge in [0.05, 0.1) is 6.61 Å². The van der Waals surface area contributed by atoms with Crippen LogP contribution in [0.4, 0.5) is 0 Å². The quantitative estimate of drug-likeness (QED) is 0.754. The summed E-state index contributed by atoms with van der Waals surface area (Å²) in [4.78, 5) is 23.4. The Bertz CT molecular complexity index is 385. The molecule has 5 nitrogen and oxygen atoms in total. The molecule has 2 rings (SSSR count). The number of carbonyl (C=O) groups is 2. The topological polar surface area (TPSA) is 75.6 Å². The van der Waals surface area contributed by atoms with E-state index in [4.69, 9.17) is 4.74 Å². The van der Waals surface area contributed by atoms with Crippen LogP contribution in [-0.2, 0) is 14.3 Å². The van der Waals surface area contributed by atoms with E-state index in [0.29, 0.717) is 19.6 Å². The molecule has 0 aromatic heterocycles. The summed E-state index contributed by atoms with van der Waals surface area (Å²) in [5.74, 6) is -1.27. The van der Waals surface area contributed by atoms with Gasteiger partial charge in [-0.1, -0.05) is 11.6 Å². The molecule has 1 saturated heterocycles. The maximum absolute atomic E-state index is 12.0. The summed E-state index contributed by atoms with van der Waals surface area (Å²) in [7, 11) is 0. The van der Waals surface area contributed by atoms with Gasteiger partial charge in [-0.05, 0) is 38.5 Å². The Kier molecular flexibility index (Phi) is 5.59. The molecule has 0 saturated carbocycles. The van der Waals surface area contributed by atoms with E-state index < -0.39 is 12.0 Å². The lowest BCUT2D eigenvalue weighted by atomic mass is 9.93. The number of nitrogens with one attached hydrogen (secondary N) is 1. The molecule has 0 aromatic rings. The lowest BCUT2D eigenvalue weighted by Crippen LogP contribution is -2.48. The zero-order chi connectivity index (χ0) is 14.4. The molecule has 1 aliphatic heterocycles. The van der Waals surface area contributed by atoms with E-state index >= 15 is 0 Å². The zero-order valence-corrected chi connectivity index (χ0v) is 11.8. The van der Waals surface area contributed by atoms with Gasteiger partial charge in [-0.15, -0.1) is 0 Å². The second-order valence-corrected chi connectivity index (χ2v) is 5.65. The Morgan fingerprint density at radius 1 is 1.40 bits per heavy atom. The van der Waals surface area contributed by atoms with Crippen molar-refractivity contribution in [2.45, 2.75) is 51.0 Å². The first kappa shape index (κ1) is 15.0. The number of allylic oxidation sites excluding steroid dienone is 1. The van der Waals surface area contributed by atoms with E-state index in [1.54, 1.807) is 0 Å². The second kappa shape index (κ2) is 7.43. The van der Waals surface area contributed by atoms with Crippen molar-refractivity contribution in [3.63, 3.8) is 0 Å². The molecule has 2 atom stereocenters. The molecule has 1 fully saturated rings. The maximum Gasteiger partial charge on any atom is 0.326 e. The molecule has 2 aliphatic rings. The summed E-state index contributed by atoms with van der Waals surface area (Å²) in [6, 6.07) is -0.827. The fourth-order valence-electron chi connectivity index (χ4n) is 2.91. The molecule has 2 N–H and O–H groups in total. The molecule has 5 heteroatoms. The molecule has 1 amide bonds. The molecule has 0 spiro atoms. The van der Waals surface area contributed by atoms with E-state index in [0.717, 1.165) is 37.7 Å². The molecule has 112 valence electrons. The average Bonchev–Trinajstić information content (AvgIpc) is 2.46. The van der Waals surface area contributed by atoms with Crippen molar-refractivity contribution in [2.24, 2.45) is 5.92 Å². The molecule has 1 aliphatic carbocycles. The summed E-state index contributed by atoms with van der Waals surface area (Å²) in [5.41, 5.74) is 1.14. The van der Waals surface area contributed by atoms with Crippen LogP contribution in [0.2, 0.25) is 0 Å². The van der Waals surface area contributed by atoms with Crippen molar-refractivity contribution in [2.75, 3.05) is 13.2 Å². The molecule has 0 aromatic carbocycles. The average molecular weight is 281 g/mol. The van der Waals surface area contributed by atoms with Gasteiger partial charge in [-0.25, -0.2) is 4.79 Å². The molecule has 0 bridgehead atoms. The van der Waals surface area contributed by atoms with Gasteiger partial charge in [-0.3, -0.25) is 4.79 Å². The van der Waals surface area contributed by atoms with Crippen LogP contribution in [0.15, 0.2) is 11.6 Å². The van der Waals surface area contributed by atoms with Gasteiger partial charge in [-0.2, -0.15) is 0 Å². The molecular weight excluding hydrogens is 258 g/mol. The van der Waals surface area contributed by atoms with E-state index in [-0.39, 0.29) is 11.8 Å². The summed E-state index contributed by atoms with van der Waals surface area (Å²) in [6.45, 7) is 1.10. The van der Waals surface area contributed by atoms with E-state index in [2.05, 4.69) is 11.4 Å². The number of carboxylic acid groups (broad SMARTS) is 1.